The van der Waals surface area contributed by atoms with E-state index in [1.54, 1.807) is 18.4 Å². The Morgan fingerprint density at radius 2 is 2.10 bits per heavy atom. The fraction of sp³-hybridized carbons (Fsp3) is 0.565. The molecule has 30 heavy (non-hydrogen) atoms. The molecular weight excluding hydrogens is 396 g/mol. The molecule has 0 spiro atoms. The molecule has 6 nitrogen and oxygen atoms in total. The van der Waals surface area contributed by atoms with Gasteiger partial charge < -0.3 is 20.1 Å². The third-order valence-corrected chi connectivity index (χ3v) is 5.92. The number of nitrogens with zero attached hydrogens (tertiary/aromatic N) is 2. The number of hydrogen-bond acceptors (Lipinski definition) is 5. The van der Waals surface area contributed by atoms with Gasteiger partial charge in [-0.25, -0.2) is 4.98 Å². The molecule has 1 unspecified atom stereocenters. The first-order valence-corrected chi connectivity index (χ1v) is 11.5. The first kappa shape index (κ1) is 22.6. The highest BCUT2D eigenvalue weighted by atomic mass is 32.1. The molecule has 3 rings (SSSR count). The Kier molecular flexibility index (Phi) is 7.72. The maximum absolute atomic E-state index is 6.10. The zero-order chi connectivity index (χ0) is 21.6. The van der Waals surface area contributed by atoms with Crippen molar-refractivity contribution in [1.82, 2.24) is 15.6 Å². The Hall–Kier alpha value is -2.12. The maximum Gasteiger partial charge on any atom is 0.191 e. The highest BCUT2D eigenvalue weighted by Gasteiger charge is 2.18. The van der Waals surface area contributed by atoms with Crippen LogP contribution in [0.25, 0.3) is 0 Å². The smallest absolute Gasteiger partial charge is 0.191 e. The number of thiazole rings is 1. The monoisotopic (exact) mass is 430 g/mol. The molecule has 1 aliphatic rings. The van der Waals surface area contributed by atoms with Crippen LogP contribution in [0.1, 0.15) is 55.4 Å². The fourth-order valence-electron chi connectivity index (χ4n) is 3.20. The van der Waals surface area contributed by atoms with E-state index in [1.807, 2.05) is 0 Å². The van der Waals surface area contributed by atoms with Crippen LogP contribution in [0.3, 0.4) is 0 Å². The summed E-state index contributed by atoms with van der Waals surface area (Å²) in [7, 11) is 1.78. The number of benzene rings is 1. The number of hydrogen-bond donors (Lipinski definition) is 2. The molecule has 1 aromatic carbocycles. The third-order valence-electron chi connectivity index (χ3n) is 5.07. The van der Waals surface area contributed by atoms with Gasteiger partial charge in [0.2, 0.25) is 0 Å². The van der Waals surface area contributed by atoms with Gasteiger partial charge >= 0.3 is 0 Å². The van der Waals surface area contributed by atoms with E-state index in [2.05, 4.69) is 66.9 Å². The van der Waals surface area contributed by atoms with Gasteiger partial charge in [0, 0.05) is 36.6 Å². The molecule has 1 atom stereocenters. The lowest BCUT2D eigenvalue weighted by Crippen LogP contribution is -2.36. The van der Waals surface area contributed by atoms with Crippen LogP contribution >= 0.6 is 11.3 Å². The summed E-state index contributed by atoms with van der Waals surface area (Å²) in [5.41, 5.74) is 3.48. The average molecular weight is 431 g/mol. The minimum atomic E-state index is 0.0695. The van der Waals surface area contributed by atoms with E-state index in [-0.39, 0.29) is 11.5 Å². The van der Waals surface area contributed by atoms with Crippen molar-refractivity contribution in [2.75, 3.05) is 20.3 Å². The SMILES string of the molecule is CN=C(NCc1nc(C(C)(C)C)cs1)NCc1ccc(C)cc1OCC1CCCO1. The number of guanidine groups is 1. The highest BCUT2D eigenvalue weighted by molar-refractivity contribution is 7.09. The molecule has 0 amide bonds. The normalized spacial score (nSPS) is 17.2. The number of nitrogens with one attached hydrogen (secondary N) is 2. The van der Waals surface area contributed by atoms with Crippen molar-refractivity contribution in [3.05, 3.63) is 45.4 Å². The summed E-state index contributed by atoms with van der Waals surface area (Å²) in [5, 5.41) is 9.93. The molecule has 2 N–H and O–H groups in total. The lowest BCUT2D eigenvalue weighted by atomic mass is 9.93. The van der Waals surface area contributed by atoms with Gasteiger partial charge in [-0.1, -0.05) is 32.9 Å². The molecule has 1 aliphatic heterocycles. The number of aromatic nitrogens is 1. The van der Waals surface area contributed by atoms with Crippen molar-refractivity contribution in [1.29, 1.82) is 0 Å². The molecule has 0 saturated carbocycles. The lowest BCUT2D eigenvalue weighted by molar-refractivity contribution is 0.0676. The zero-order valence-electron chi connectivity index (χ0n) is 18.7. The van der Waals surface area contributed by atoms with Crippen LogP contribution in [0, 0.1) is 6.92 Å². The molecule has 2 heterocycles. The van der Waals surface area contributed by atoms with Crippen LogP contribution in [-0.2, 0) is 23.2 Å². The van der Waals surface area contributed by atoms with E-state index < -0.39 is 0 Å². The summed E-state index contributed by atoms with van der Waals surface area (Å²) in [6.07, 6.45) is 2.40. The van der Waals surface area contributed by atoms with Crippen molar-refractivity contribution in [2.45, 2.75) is 65.1 Å². The Morgan fingerprint density at radius 3 is 2.77 bits per heavy atom. The lowest BCUT2D eigenvalue weighted by Gasteiger charge is -2.17. The molecule has 0 radical (unpaired) electrons. The molecule has 1 fully saturated rings. The molecule has 7 heteroatoms. The molecule has 0 aliphatic carbocycles. The van der Waals surface area contributed by atoms with Gasteiger partial charge in [-0.05, 0) is 31.4 Å². The van der Waals surface area contributed by atoms with Crippen molar-refractivity contribution < 1.29 is 9.47 Å². The summed E-state index contributed by atoms with van der Waals surface area (Å²) in [6.45, 7) is 11.3. The van der Waals surface area contributed by atoms with E-state index in [0.717, 1.165) is 47.4 Å². The van der Waals surface area contributed by atoms with Crippen molar-refractivity contribution in [2.24, 2.45) is 4.99 Å². The van der Waals surface area contributed by atoms with Crippen LogP contribution in [0.2, 0.25) is 0 Å². The molecule has 1 aromatic heterocycles. The molecule has 2 aromatic rings. The van der Waals surface area contributed by atoms with Crippen LogP contribution in [0.15, 0.2) is 28.6 Å². The fourth-order valence-corrected chi connectivity index (χ4v) is 4.16. The number of aliphatic imine (C=N–C) groups is 1. The Balaban J connectivity index is 1.54. The quantitative estimate of drug-likeness (QED) is 0.510. The number of rotatable bonds is 7. The minimum absolute atomic E-state index is 0.0695. The summed E-state index contributed by atoms with van der Waals surface area (Å²) in [6, 6.07) is 6.30. The minimum Gasteiger partial charge on any atom is -0.491 e. The second-order valence-electron chi connectivity index (χ2n) is 8.71. The summed E-state index contributed by atoms with van der Waals surface area (Å²) in [5.74, 6) is 1.65. The van der Waals surface area contributed by atoms with Gasteiger partial charge in [0.05, 0.1) is 18.3 Å². The Bertz CT molecular complexity index is 851. The van der Waals surface area contributed by atoms with E-state index in [4.69, 9.17) is 14.5 Å². The van der Waals surface area contributed by atoms with Crippen molar-refractivity contribution in [3.8, 4) is 5.75 Å². The third kappa shape index (κ3) is 6.44. The Labute approximate surface area is 184 Å². The highest BCUT2D eigenvalue weighted by Crippen LogP contribution is 2.24. The van der Waals surface area contributed by atoms with Gasteiger partial charge in [-0.3, -0.25) is 4.99 Å². The second-order valence-corrected chi connectivity index (χ2v) is 9.66. The second kappa shape index (κ2) is 10.3. The Morgan fingerprint density at radius 1 is 1.30 bits per heavy atom. The molecule has 0 bridgehead atoms. The number of aryl methyl sites for hydroxylation is 1. The predicted molar refractivity (Wildman–Crippen MR) is 124 cm³/mol. The van der Waals surface area contributed by atoms with E-state index in [9.17, 15) is 0 Å². The number of ether oxygens (including phenoxy) is 2. The largest absolute Gasteiger partial charge is 0.491 e. The van der Waals surface area contributed by atoms with Gasteiger partial charge in [0.25, 0.3) is 0 Å². The first-order chi connectivity index (χ1) is 14.3. The van der Waals surface area contributed by atoms with Crippen LogP contribution in [0.5, 0.6) is 5.75 Å². The van der Waals surface area contributed by atoms with Crippen molar-refractivity contribution in [3.63, 3.8) is 0 Å². The van der Waals surface area contributed by atoms with Crippen LogP contribution in [0.4, 0.5) is 0 Å². The standard InChI is InChI=1S/C23H34N4O2S/c1-16-8-9-17(19(11-16)29-14-18-7-6-10-28-18)12-25-22(24-5)26-13-21-27-20(15-30-21)23(2,3)4/h8-9,11,15,18H,6-7,10,12-14H2,1-5H3,(H2,24,25,26). The van der Waals surface area contributed by atoms with E-state index >= 15 is 0 Å². The summed E-state index contributed by atoms with van der Waals surface area (Å²) >= 11 is 1.68. The van der Waals surface area contributed by atoms with Gasteiger partial charge in [0.15, 0.2) is 5.96 Å². The van der Waals surface area contributed by atoms with E-state index in [0.29, 0.717) is 19.7 Å². The van der Waals surface area contributed by atoms with Gasteiger partial charge in [-0.15, -0.1) is 11.3 Å². The van der Waals surface area contributed by atoms with Crippen LogP contribution < -0.4 is 15.4 Å². The van der Waals surface area contributed by atoms with Crippen LogP contribution in [-0.4, -0.2) is 37.3 Å². The van der Waals surface area contributed by atoms with Crippen molar-refractivity contribution >= 4 is 17.3 Å². The predicted octanol–water partition coefficient (Wildman–Crippen LogP) is 4.17. The first-order valence-electron chi connectivity index (χ1n) is 10.6. The van der Waals surface area contributed by atoms with Gasteiger partial charge in [0.1, 0.15) is 17.4 Å². The zero-order valence-corrected chi connectivity index (χ0v) is 19.6. The maximum atomic E-state index is 6.10. The summed E-state index contributed by atoms with van der Waals surface area (Å²) < 4.78 is 11.8. The molecule has 164 valence electrons. The molecular formula is C23H34N4O2S. The molecule has 1 saturated heterocycles. The van der Waals surface area contributed by atoms with Gasteiger partial charge in [-0.2, -0.15) is 0 Å². The summed E-state index contributed by atoms with van der Waals surface area (Å²) in [4.78, 5) is 9.07. The average Bonchev–Trinajstić information content (AvgIpc) is 3.39. The van der Waals surface area contributed by atoms with E-state index in [1.165, 1.54) is 5.56 Å². The topological polar surface area (TPSA) is 67.8 Å².